The van der Waals surface area contributed by atoms with E-state index in [1.807, 2.05) is 0 Å². The number of rotatable bonds is 10. The summed E-state index contributed by atoms with van der Waals surface area (Å²) in [5, 5.41) is 0. The Morgan fingerprint density at radius 2 is 1.16 bits per heavy atom. The highest BCUT2D eigenvalue weighted by Gasteiger charge is 2.26. The Morgan fingerprint density at radius 3 is 1.52 bits per heavy atom. The molecule has 0 aromatic rings. The third kappa shape index (κ3) is 29.0. The maximum atomic E-state index is 2.39. The molecule has 2 saturated carbocycles. The molecule has 25 heavy (non-hydrogen) atoms. The van der Waals surface area contributed by atoms with Crippen molar-refractivity contribution in [2.24, 2.45) is 17.8 Å². The van der Waals surface area contributed by atoms with Crippen molar-refractivity contribution in [1.29, 1.82) is 0 Å². The molecule has 0 saturated heterocycles. The summed E-state index contributed by atoms with van der Waals surface area (Å²) >= 11 is 0. The van der Waals surface area contributed by atoms with Crippen molar-refractivity contribution in [3.8, 4) is 0 Å². The van der Waals surface area contributed by atoms with E-state index in [4.69, 9.17) is 0 Å². The second-order valence-corrected chi connectivity index (χ2v) is 8.61. The Hall–Kier alpha value is 0. The highest BCUT2D eigenvalue weighted by Crippen LogP contribution is 2.38. The molecule has 0 bridgehead atoms. The van der Waals surface area contributed by atoms with Crippen molar-refractivity contribution in [3.63, 3.8) is 0 Å². The first-order valence-electron chi connectivity index (χ1n) is 12.1. The average molecular weight is 355 g/mol. The molecular weight excluding hydrogens is 300 g/mol. The molecule has 0 spiro atoms. The van der Waals surface area contributed by atoms with E-state index in [-0.39, 0.29) is 0 Å². The van der Waals surface area contributed by atoms with Crippen molar-refractivity contribution >= 4 is 0 Å². The van der Waals surface area contributed by atoms with Crippen LogP contribution in [-0.4, -0.2) is 0 Å². The highest BCUT2D eigenvalue weighted by molar-refractivity contribution is 4.77. The van der Waals surface area contributed by atoms with Gasteiger partial charge in [0.05, 0.1) is 0 Å². The molecule has 0 heterocycles. The molecule has 2 aliphatic carbocycles. The van der Waals surface area contributed by atoms with Crippen molar-refractivity contribution in [2.75, 3.05) is 0 Å². The zero-order valence-corrected chi connectivity index (χ0v) is 19.3. The van der Waals surface area contributed by atoms with Gasteiger partial charge in [-0.2, -0.15) is 0 Å². The van der Waals surface area contributed by atoms with Gasteiger partial charge in [-0.05, 0) is 30.6 Å². The largest absolute Gasteiger partial charge is 0.0656 e. The van der Waals surface area contributed by atoms with Crippen LogP contribution in [0.5, 0.6) is 0 Å². The summed E-state index contributed by atoms with van der Waals surface area (Å²) in [5.74, 6) is 3.12. The summed E-state index contributed by atoms with van der Waals surface area (Å²) in [6.07, 6.45) is 21.5. The van der Waals surface area contributed by atoms with Crippen LogP contribution in [0.1, 0.15) is 145 Å². The highest BCUT2D eigenvalue weighted by atomic mass is 14.3. The van der Waals surface area contributed by atoms with Crippen LogP contribution in [0.3, 0.4) is 0 Å². The van der Waals surface area contributed by atoms with Gasteiger partial charge >= 0.3 is 0 Å². The molecule has 2 unspecified atom stereocenters. The lowest BCUT2D eigenvalue weighted by Gasteiger charge is -2.08. The number of hydrogen-bond donors (Lipinski definition) is 0. The molecule has 0 amide bonds. The molecule has 2 rings (SSSR count). The molecular formula is C25H54. The Labute approximate surface area is 163 Å². The molecule has 0 N–H and O–H groups in total. The summed E-state index contributed by atoms with van der Waals surface area (Å²) in [7, 11) is 0. The quantitative estimate of drug-likeness (QED) is 0.342. The van der Waals surface area contributed by atoms with Crippen LogP contribution in [0, 0.1) is 17.8 Å². The molecule has 0 aliphatic heterocycles. The second kappa shape index (κ2) is 22.0. The fourth-order valence-corrected chi connectivity index (χ4v) is 2.91. The molecule has 0 heteroatoms. The van der Waals surface area contributed by atoms with E-state index in [0.29, 0.717) is 0 Å². The van der Waals surface area contributed by atoms with Gasteiger partial charge < -0.3 is 0 Å². The summed E-state index contributed by atoms with van der Waals surface area (Å²) in [6.45, 7) is 15.9. The molecule has 0 nitrogen and oxygen atoms in total. The predicted molar refractivity (Wildman–Crippen MR) is 119 cm³/mol. The standard InChI is InChI=1S/C11H24.C8H16.C3H6.C3H8/c1-4-6-7-8-10-11(3)9-5-2;1-3-4-7(2)8-5-6-8;1-2-3-1;1-3-2/h11H,4-10H2,1-3H3;7-8H,3-6H2,1-2H3;1-3H2;3H2,1-2H3. The van der Waals surface area contributed by atoms with Crippen molar-refractivity contribution in [2.45, 2.75) is 145 Å². The Bertz CT molecular complexity index is 211. The van der Waals surface area contributed by atoms with Crippen molar-refractivity contribution in [3.05, 3.63) is 0 Å². The first-order valence-corrected chi connectivity index (χ1v) is 12.1. The fourth-order valence-electron chi connectivity index (χ4n) is 2.91. The van der Waals surface area contributed by atoms with E-state index in [1.165, 1.54) is 96.3 Å². The molecule has 2 atom stereocenters. The van der Waals surface area contributed by atoms with Gasteiger partial charge in [0, 0.05) is 0 Å². The monoisotopic (exact) mass is 354 g/mol. The Morgan fingerprint density at radius 1 is 0.640 bits per heavy atom. The van der Waals surface area contributed by atoms with Gasteiger partial charge in [0.25, 0.3) is 0 Å². The SMILES string of the molecule is C1CC1.CCC.CCCC(C)C1CC1.CCCCCCC(C)CCC. The first-order chi connectivity index (χ1) is 12.1. The van der Waals surface area contributed by atoms with E-state index >= 15 is 0 Å². The lowest BCUT2D eigenvalue weighted by molar-refractivity contribution is 0.455. The summed E-state index contributed by atoms with van der Waals surface area (Å²) < 4.78 is 0. The van der Waals surface area contributed by atoms with E-state index in [9.17, 15) is 0 Å². The molecule has 0 aromatic carbocycles. The van der Waals surface area contributed by atoms with E-state index in [0.717, 1.165) is 17.8 Å². The lowest BCUT2D eigenvalue weighted by Crippen LogP contribution is -1.94. The zero-order valence-electron chi connectivity index (χ0n) is 19.3. The minimum absolute atomic E-state index is 0.969. The summed E-state index contributed by atoms with van der Waals surface area (Å²) in [4.78, 5) is 0. The maximum absolute atomic E-state index is 2.39. The number of unbranched alkanes of at least 4 members (excludes halogenated alkanes) is 3. The van der Waals surface area contributed by atoms with Crippen LogP contribution in [0.15, 0.2) is 0 Å². The minimum Gasteiger partial charge on any atom is -0.0656 e. The molecule has 0 aromatic heterocycles. The number of hydrogen-bond acceptors (Lipinski definition) is 0. The molecule has 154 valence electrons. The van der Waals surface area contributed by atoms with Gasteiger partial charge in [-0.3, -0.25) is 0 Å². The van der Waals surface area contributed by atoms with Gasteiger partial charge in [0.2, 0.25) is 0 Å². The predicted octanol–water partition coefficient (Wildman–Crippen LogP) is 9.81. The van der Waals surface area contributed by atoms with Gasteiger partial charge in [-0.25, -0.2) is 0 Å². The zero-order chi connectivity index (χ0) is 19.3. The topological polar surface area (TPSA) is 0 Å². The van der Waals surface area contributed by atoms with Crippen LogP contribution >= 0.6 is 0 Å². The van der Waals surface area contributed by atoms with Crippen LogP contribution in [-0.2, 0) is 0 Å². The third-order valence-electron chi connectivity index (χ3n) is 4.86. The molecule has 2 fully saturated rings. The average Bonchev–Trinajstić information content (AvgIpc) is 3.45. The first kappa shape index (κ1) is 27.2. The van der Waals surface area contributed by atoms with Crippen LogP contribution in [0.2, 0.25) is 0 Å². The summed E-state index contributed by atoms with van der Waals surface area (Å²) in [5.41, 5.74) is 0. The van der Waals surface area contributed by atoms with Crippen LogP contribution in [0.4, 0.5) is 0 Å². The van der Waals surface area contributed by atoms with E-state index in [2.05, 4.69) is 48.5 Å². The second-order valence-electron chi connectivity index (χ2n) is 8.61. The van der Waals surface area contributed by atoms with Crippen LogP contribution in [0.25, 0.3) is 0 Å². The molecule has 0 radical (unpaired) electrons. The fraction of sp³-hybridized carbons (Fsp3) is 1.00. The van der Waals surface area contributed by atoms with Crippen LogP contribution < -0.4 is 0 Å². The third-order valence-corrected chi connectivity index (χ3v) is 4.86. The van der Waals surface area contributed by atoms with Crippen molar-refractivity contribution < 1.29 is 0 Å². The minimum atomic E-state index is 0.969. The van der Waals surface area contributed by atoms with Gasteiger partial charge in [-0.1, -0.05) is 132 Å². The van der Waals surface area contributed by atoms with E-state index in [1.54, 1.807) is 0 Å². The van der Waals surface area contributed by atoms with Gasteiger partial charge in [0.15, 0.2) is 0 Å². The van der Waals surface area contributed by atoms with Gasteiger partial charge in [-0.15, -0.1) is 0 Å². The summed E-state index contributed by atoms with van der Waals surface area (Å²) in [6, 6.07) is 0. The molecule has 2 aliphatic rings. The lowest BCUT2D eigenvalue weighted by atomic mass is 9.98. The Balaban J connectivity index is 0. The maximum Gasteiger partial charge on any atom is -0.0388 e. The smallest absolute Gasteiger partial charge is 0.0388 e. The van der Waals surface area contributed by atoms with E-state index < -0.39 is 0 Å². The van der Waals surface area contributed by atoms with Crippen molar-refractivity contribution in [1.82, 2.24) is 0 Å². The normalized spacial score (nSPS) is 16.9. The van der Waals surface area contributed by atoms with Gasteiger partial charge in [0.1, 0.15) is 0 Å². The Kier molecular flexibility index (Phi) is 24.0.